The first-order valence-electron chi connectivity index (χ1n) is 7.45. The van der Waals surface area contributed by atoms with Crippen molar-refractivity contribution in [2.75, 3.05) is 0 Å². The zero-order valence-electron chi connectivity index (χ0n) is 11.8. The van der Waals surface area contributed by atoms with Crippen molar-refractivity contribution in [1.29, 1.82) is 0 Å². The summed E-state index contributed by atoms with van der Waals surface area (Å²) in [6.07, 6.45) is 6.21. The lowest BCUT2D eigenvalue weighted by Gasteiger charge is -2.40. The van der Waals surface area contributed by atoms with Gasteiger partial charge in [0.15, 0.2) is 0 Å². The van der Waals surface area contributed by atoms with Gasteiger partial charge in [-0.15, -0.1) is 0 Å². The van der Waals surface area contributed by atoms with Gasteiger partial charge in [0, 0.05) is 23.1 Å². The second kappa shape index (κ2) is 5.43. The molecule has 1 aliphatic carbocycles. The number of nitrogens with zero attached hydrogens (tertiary/aromatic N) is 1. The second-order valence-corrected chi connectivity index (χ2v) is 6.62. The lowest BCUT2D eigenvalue weighted by atomic mass is 9.99. The number of fused-ring (bicyclic) bond motifs is 1. The van der Waals surface area contributed by atoms with Crippen LogP contribution in [-0.4, -0.2) is 23.1 Å². The van der Waals surface area contributed by atoms with Crippen LogP contribution in [0.2, 0.25) is 5.02 Å². The molecule has 2 nitrogen and oxygen atoms in total. The Bertz CT molecular complexity index is 450. The standard InChI is InChI=1S/C16H23ClN2/c1-11-4-3-5-12(2)19(11)18-16-9-13-6-7-15(17)8-14(13)10-16/h6-8,11-12,16,18H,3-5,9-10H2,1-2H3. The maximum Gasteiger partial charge on any atom is 0.0408 e. The first-order valence-corrected chi connectivity index (χ1v) is 7.83. The normalized spacial score (nSPS) is 31.4. The highest BCUT2D eigenvalue weighted by molar-refractivity contribution is 6.30. The Balaban J connectivity index is 1.66. The van der Waals surface area contributed by atoms with Crippen LogP contribution >= 0.6 is 11.6 Å². The number of hydrogen-bond acceptors (Lipinski definition) is 2. The van der Waals surface area contributed by atoms with E-state index in [0.717, 1.165) is 17.9 Å². The van der Waals surface area contributed by atoms with E-state index >= 15 is 0 Å². The molecule has 0 radical (unpaired) electrons. The van der Waals surface area contributed by atoms with E-state index < -0.39 is 0 Å². The molecule has 1 saturated heterocycles. The lowest BCUT2D eigenvalue weighted by molar-refractivity contribution is 0.0310. The maximum atomic E-state index is 6.08. The van der Waals surface area contributed by atoms with E-state index in [1.807, 2.05) is 6.07 Å². The lowest BCUT2D eigenvalue weighted by Crippen LogP contribution is -2.55. The number of piperidine rings is 1. The molecule has 19 heavy (non-hydrogen) atoms. The van der Waals surface area contributed by atoms with Gasteiger partial charge in [-0.1, -0.05) is 24.1 Å². The number of benzene rings is 1. The van der Waals surface area contributed by atoms with Crippen molar-refractivity contribution >= 4 is 11.6 Å². The maximum absolute atomic E-state index is 6.08. The number of halogens is 1. The van der Waals surface area contributed by atoms with Crippen LogP contribution in [0.15, 0.2) is 18.2 Å². The van der Waals surface area contributed by atoms with Crippen molar-refractivity contribution in [2.45, 2.75) is 64.1 Å². The van der Waals surface area contributed by atoms with Gasteiger partial charge in [-0.25, -0.2) is 5.01 Å². The van der Waals surface area contributed by atoms with Crippen LogP contribution in [-0.2, 0) is 12.8 Å². The van der Waals surface area contributed by atoms with E-state index in [9.17, 15) is 0 Å². The number of hydrogen-bond donors (Lipinski definition) is 1. The Hall–Kier alpha value is -0.570. The Morgan fingerprint density at radius 1 is 1.11 bits per heavy atom. The number of hydrazine groups is 1. The fourth-order valence-electron chi connectivity index (χ4n) is 3.56. The summed E-state index contributed by atoms with van der Waals surface area (Å²) < 4.78 is 0. The SMILES string of the molecule is CC1CCCC(C)N1NC1Cc2ccc(Cl)cc2C1. The van der Waals surface area contributed by atoms with Crippen LogP contribution in [0.1, 0.15) is 44.2 Å². The first-order chi connectivity index (χ1) is 9.13. The van der Waals surface area contributed by atoms with E-state index in [2.05, 4.69) is 36.4 Å². The van der Waals surface area contributed by atoms with Gasteiger partial charge in [-0.05, 0) is 62.8 Å². The third-order valence-electron chi connectivity index (χ3n) is 4.63. The van der Waals surface area contributed by atoms with Crippen molar-refractivity contribution in [1.82, 2.24) is 10.4 Å². The highest BCUT2D eigenvalue weighted by atomic mass is 35.5. The fraction of sp³-hybridized carbons (Fsp3) is 0.625. The molecule has 3 heteroatoms. The molecule has 3 rings (SSSR count). The van der Waals surface area contributed by atoms with Crippen LogP contribution < -0.4 is 5.43 Å². The predicted octanol–water partition coefficient (Wildman–Crippen LogP) is 3.57. The fourth-order valence-corrected chi connectivity index (χ4v) is 3.76. The highest BCUT2D eigenvalue weighted by Crippen LogP contribution is 2.27. The Kier molecular flexibility index (Phi) is 3.84. The minimum absolute atomic E-state index is 0.538. The molecule has 0 bridgehead atoms. The quantitative estimate of drug-likeness (QED) is 0.890. The third kappa shape index (κ3) is 2.81. The van der Waals surface area contributed by atoms with Gasteiger partial charge in [0.05, 0.1) is 0 Å². The van der Waals surface area contributed by atoms with Crippen LogP contribution in [0.25, 0.3) is 0 Å². The summed E-state index contributed by atoms with van der Waals surface area (Å²) in [6, 6.07) is 8.16. The molecule has 0 amide bonds. The average Bonchev–Trinajstić information content (AvgIpc) is 2.75. The van der Waals surface area contributed by atoms with Crippen LogP contribution in [0, 0.1) is 0 Å². The highest BCUT2D eigenvalue weighted by Gasteiger charge is 2.29. The van der Waals surface area contributed by atoms with Crippen molar-refractivity contribution in [2.24, 2.45) is 0 Å². The zero-order valence-corrected chi connectivity index (χ0v) is 12.6. The molecular formula is C16H23ClN2. The molecule has 0 spiro atoms. The Labute approximate surface area is 121 Å². The molecule has 1 aliphatic heterocycles. The average molecular weight is 279 g/mol. The molecule has 1 fully saturated rings. The van der Waals surface area contributed by atoms with Crippen LogP contribution in [0.4, 0.5) is 0 Å². The molecule has 1 aromatic carbocycles. The van der Waals surface area contributed by atoms with Crippen molar-refractivity contribution in [3.8, 4) is 0 Å². The molecule has 1 aromatic rings. The largest absolute Gasteiger partial charge is 0.251 e. The molecule has 1 heterocycles. The van der Waals surface area contributed by atoms with Crippen molar-refractivity contribution in [3.05, 3.63) is 34.3 Å². The second-order valence-electron chi connectivity index (χ2n) is 6.18. The van der Waals surface area contributed by atoms with Crippen molar-refractivity contribution in [3.63, 3.8) is 0 Å². The topological polar surface area (TPSA) is 15.3 Å². The number of nitrogens with one attached hydrogen (secondary N) is 1. The number of rotatable bonds is 2. The van der Waals surface area contributed by atoms with Gasteiger partial charge in [-0.2, -0.15) is 0 Å². The minimum Gasteiger partial charge on any atom is -0.251 e. The van der Waals surface area contributed by atoms with Gasteiger partial charge in [0.2, 0.25) is 0 Å². The molecule has 3 atom stereocenters. The van der Waals surface area contributed by atoms with E-state index in [4.69, 9.17) is 11.6 Å². The molecule has 0 saturated carbocycles. The van der Waals surface area contributed by atoms with Crippen LogP contribution in [0.5, 0.6) is 0 Å². The smallest absolute Gasteiger partial charge is 0.0408 e. The summed E-state index contributed by atoms with van der Waals surface area (Å²) in [5, 5.41) is 3.35. The van der Waals surface area contributed by atoms with E-state index in [1.54, 1.807) is 0 Å². The summed E-state index contributed by atoms with van der Waals surface area (Å²) in [5.41, 5.74) is 6.65. The zero-order chi connectivity index (χ0) is 13.4. The summed E-state index contributed by atoms with van der Waals surface area (Å²) in [6.45, 7) is 4.67. The van der Waals surface area contributed by atoms with Crippen molar-refractivity contribution < 1.29 is 0 Å². The van der Waals surface area contributed by atoms with E-state index in [-0.39, 0.29) is 0 Å². The minimum atomic E-state index is 0.538. The first kappa shape index (κ1) is 13.4. The molecule has 1 N–H and O–H groups in total. The van der Waals surface area contributed by atoms with Gasteiger partial charge in [-0.3, -0.25) is 5.43 Å². The van der Waals surface area contributed by atoms with Gasteiger partial charge in [0.25, 0.3) is 0 Å². The summed E-state index contributed by atoms with van der Waals surface area (Å²) >= 11 is 6.08. The van der Waals surface area contributed by atoms with E-state index in [0.29, 0.717) is 18.1 Å². The Morgan fingerprint density at radius 2 is 1.79 bits per heavy atom. The van der Waals surface area contributed by atoms with Gasteiger partial charge in [0.1, 0.15) is 0 Å². The molecule has 3 unspecified atom stereocenters. The summed E-state index contributed by atoms with van der Waals surface area (Å²) in [7, 11) is 0. The van der Waals surface area contributed by atoms with Crippen LogP contribution in [0.3, 0.4) is 0 Å². The van der Waals surface area contributed by atoms with E-state index in [1.165, 1.54) is 30.4 Å². The summed E-state index contributed by atoms with van der Waals surface area (Å²) in [4.78, 5) is 0. The molecule has 104 valence electrons. The monoisotopic (exact) mass is 278 g/mol. The summed E-state index contributed by atoms with van der Waals surface area (Å²) in [5.74, 6) is 0. The molecule has 2 aliphatic rings. The van der Waals surface area contributed by atoms with Gasteiger partial charge < -0.3 is 0 Å². The molecule has 0 aromatic heterocycles. The molecular weight excluding hydrogens is 256 g/mol. The van der Waals surface area contributed by atoms with Gasteiger partial charge >= 0.3 is 0 Å². The Morgan fingerprint density at radius 3 is 2.53 bits per heavy atom. The predicted molar refractivity (Wildman–Crippen MR) is 80.4 cm³/mol. The third-order valence-corrected chi connectivity index (χ3v) is 4.86.